The van der Waals surface area contributed by atoms with E-state index in [1.807, 2.05) is 78.9 Å². The lowest BCUT2D eigenvalue weighted by Gasteiger charge is -2.11. The summed E-state index contributed by atoms with van der Waals surface area (Å²) in [5.74, 6) is 0. The van der Waals surface area contributed by atoms with Gasteiger partial charge in [0, 0.05) is 0 Å². The van der Waals surface area contributed by atoms with Crippen LogP contribution in [0.4, 0.5) is 5.69 Å². The zero-order valence-corrected chi connectivity index (χ0v) is 14.5. The normalized spacial score (nSPS) is 11.5. The van der Waals surface area contributed by atoms with Gasteiger partial charge in [-0.1, -0.05) is 78.9 Å². The molecule has 0 heterocycles. The van der Waals surface area contributed by atoms with Gasteiger partial charge >= 0.3 is 0 Å². The van der Waals surface area contributed by atoms with E-state index in [1.165, 1.54) is 5.41 Å². The van der Waals surface area contributed by atoms with Crippen molar-refractivity contribution in [3.8, 4) is 0 Å². The van der Waals surface area contributed by atoms with Crippen LogP contribution in [0.25, 0.3) is 6.08 Å². The van der Waals surface area contributed by atoms with Crippen molar-refractivity contribution in [2.45, 2.75) is 6.42 Å². The number of hydrogen-bond acceptors (Lipinski definition) is 2. The number of benzene rings is 3. The van der Waals surface area contributed by atoms with E-state index in [0.717, 1.165) is 16.7 Å². The van der Waals surface area contributed by atoms with Crippen LogP contribution in [0.2, 0.25) is 0 Å². The van der Waals surface area contributed by atoms with E-state index in [1.54, 1.807) is 12.1 Å². The van der Waals surface area contributed by atoms with Crippen molar-refractivity contribution < 1.29 is 8.42 Å². The quantitative estimate of drug-likeness (QED) is 0.702. The summed E-state index contributed by atoms with van der Waals surface area (Å²) in [7, 11) is -3.58. The topological polar surface area (TPSA) is 46.2 Å². The SMILES string of the molecule is O=S(=O)(/C=C/c1ccccc1)Nc1ccccc1Cc1ccccc1. The Balaban J connectivity index is 1.79. The standard InChI is InChI=1S/C21H19NO2S/c23-25(24,16-15-18-9-3-1-4-10-18)22-21-14-8-7-13-20(21)17-19-11-5-2-6-12-19/h1-16,22H,17H2/b16-15+. The minimum absolute atomic E-state index is 0.601. The van der Waals surface area contributed by atoms with Crippen LogP contribution in [0.15, 0.2) is 90.3 Å². The van der Waals surface area contributed by atoms with Crippen molar-refractivity contribution in [3.05, 3.63) is 107 Å². The Morgan fingerprint density at radius 3 is 2.08 bits per heavy atom. The van der Waals surface area contributed by atoms with Gasteiger partial charge in [0.1, 0.15) is 0 Å². The second kappa shape index (κ2) is 7.81. The molecule has 4 heteroatoms. The summed E-state index contributed by atoms with van der Waals surface area (Å²) >= 11 is 0. The molecule has 3 aromatic rings. The van der Waals surface area contributed by atoms with Gasteiger partial charge in [-0.05, 0) is 35.3 Å². The van der Waals surface area contributed by atoms with Crippen LogP contribution in [0, 0.1) is 0 Å². The zero-order valence-electron chi connectivity index (χ0n) is 13.7. The molecule has 0 saturated heterocycles. The summed E-state index contributed by atoms with van der Waals surface area (Å²) in [5.41, 5.74) is 3.51. The van der Waals surface area contributed by atoms with E-state index in [4.69, 9.17) is 0 Å². The third-order valence-corrected chi connectivity index (χ3v) is 4.75. The summed E-state index contributed by atoms with van der Waals surface area (Å²) < 4.78 is 27.4. The van der Waals surface area contributed by atoms with Crippen molar-refractivity contribution in [1.82, 2.24) is 0 Å². The molecular formula is C21H19NO2S. The van der Waals surface area contributed by atoms with Gasteiger partial charge in [0.05, 0.1) is 11.1 Å². The van der Waals surface area contributed by atoms with E-state index in [-0.39, 0.29) is 0 Å². The number of anilines is 1. The molecule has 3 nitrogen and oxygen atoms in total. The molecular weight excluding hydrogens is 330 g/mol. The van der Waals surface area contributed by atoms with Crippen molar-refractivity contribution in [2.75, 3.05) is 4.72 Å². The van der Waals surface area contributed by atoms with Crippen LogP contribution < -0.4 is 4.72 Å². The molecule has 0 radical (unpaired) electrons. The Morgan fingerprint density at radius 2 is 1.36 bits per heavy atom. The van der Waals surface area contributed by atoms with Crippen LogP contribution in [0.1, 0.15) is 16.7 Å². The molecule has 3 rings (SSSR count). The molecule has 0 fully saturated rings. The molecule has 0 spiro atoms. The average Bonchev–Trinajstić information content (AvgIpc) is 2.63. The second-order valence-corrected chi connectivity index (χ2v) is 7.25. The van der Waals surface area contributed by atoms with Gasteiger partial charge in [-0.25, -0.2) is 8.42 Å². The van der Waals surface area contributed by atoms with Crippen molar-refractivity contribution in [2.24, 2.45) is 0 Å². The lowest BCUT2D eigenvalue weighted by Crippen LogP contribution is -2.10. The van der Waals surface area contributed by atoms with Crippen molar-refractivity contribution in [3.63, 3.8) is 0 Å². The minimum Gasteiger partial charge on any atom is -0.280 e. The third kappa shape index (κ3) is 5.06. The number of rotatable bonds is 6. The summed E-state index contributed by atoms with van der Waals surface area (Å²) in [6, 6.07) is 26.8. The fraction of sp³-hybridized carbons (Fsp3) is 0.0476. The van der Waals surface area contributed by atoms with E-state index in [0.29, 0.717) is 12.1 Å². The molecule has 126 valence electrons. The van der Waals surface area contributed by atoms with Gasteiger partial charge in [0.25, 0.3) is 10.0 Å². The van der Waals surface area contributed by atoms with Gasteiger partial charge in [-0.3, -0.25) is 4.72 Å². The highest BCUT2D eigenvalue weighted by atomic mass is 32.2. The Morgan fingerprint density at radius 1 is 0.760 bits per heavy atom. The first-order valence-electron chi connectivity index (χ1n) is 8.00. The molecule has 0 unspecified atom stereocenters. The molecule has 0 amide bonds. The molecule has 0 bridgehead atoms. The fourth-order valence-electron chi connectivity index (χ4n) is 2.51. The van der Waals surface area contributed by atoms with Crippen LogP contribution in [0.5, 0.6) is 0 Å². The molecule has 0 aliphatic heterocycles. The molecule has 0 aliphatic carbocycles. The largest absolute Gasteiger partial charge is 0.280 e. The Labute approximate surface area is 148 Å². The number of para-hydroxylation sites is 1. The number of sulfonamides is 1. The minimum atomic E-state index is -3.58. The van der Waals surface area contributed by atoms with E-state index >= 15 is 0 Å². The summed E-state index contributed by atoms with van der Waals surface area (Å²) in [4.78, 5) is 0. The van der Waals surface area contributed by atoms with Crippen molar-refractivity contribution in [1.29, 1.82) is 0 Å². The molecule has 0 atom stereocenters. The number of hydrogen-bond donors (Lipinski definition) is 1. The molecule has 0 aliphatic rings. The lowest BCUT2D eigenvalue weighted by atomic mass is 10.0. The van der Waals surface area contributed by atoms with Crippen LogP contribution in [-0.2, 0) is 16.4 Å². The van der Waals surface area contributed by atoms with Crippen molar-refractivity contribution >= 4 is 21.8 Å². The highest BCUT2D eigenvalue weighted by Crippen LogP contribution is 2.20. The van der Waals surface area contributed by atoms with Crippen LogP contribution in [0.3, 0.4) is 0 Å². The first kappa shape index (κ1) is 17.0. The van der Waals surface area contributed by atoms with Gasteiger partial charge in [-0.2, -0.15) is 0 Å². The highest BCUT2D eigenvalue weighted by molar-refractivity contribution is 7.95. The van der Waals surface area contributed by atoms with Gasteiger partial charge < -0.3 is 0 Å². The Hall–Kier alpha value is -2.85. The predicted octanol–water partition coefficient (Wildman–Crippen LogP) is 4.69. The predicted molar refractivity (Wildman–Crippen MR) is 104 cm³/mol. The average molecular weight is 349 g/mol. The van der Waals surface area contributed by atoms with E-state index in [9.17, 15) is 8.42 Å². The third-order valence-electron chi connectivity index (χ3n) is 3.75. The zero-order chi connectivity index (χ0) is 17.5. The van der Waals surface area contributed by atoms with Gasteiger partial charge in [-0.15, -0.1) is 0 Å². The first-order chi connectivity index (χ1) is 12.1. The fourth-order valence-corrected chi connectivity index (χ4v) is 3.42. The monoisotopic (exact) mass is 349 g/mol. The lowest BCUT2D eigenvalue weighted by molar-refractivity contribution is 0.609. The summed E-state index contributed by atoms with van der Waals surface area (Å²) in [6.45, 7) is 0. The summed E-state index contributed by atoms with van der Waals surface area (Å²) in [5, 5.41) is 1.20. The van der Waals surface area contributed by atoms with E-state index in [2.05, 4.69) is 4.72 Å². The molecule has 1 N–H and O–H groups in total. The molecule has 25 heavy (non-hydrogen) atoms. The Bertz CT molecular complexity index is 949. The molecule has 0 saturated carbocycles. The van der Waals surface area contributed by atoms with Crippen LogP contribution >= 0.6 is 0 Å². The maximum Gasteiger partial charge on any atom is 0.255 e. The second-order valence-electron chi connectivity index (χ2n) is 5.68. The molecule has 3 aromatic carbocycles. The van der Waals surface area contributed by atoms with Gasteiger partial charge in [0.15, 0.2) is 0 Å². The first-order valence-corrected chi connectivity index (χ1v) is 9.55. The van der Waals surface area contributed by atoms with Gasteiger partial charge in [0.2, 0.25) is 0 Å². The Kier molecular flexibility index (Phi) is 5.31. The maximum absolute atomic E-state index is 12.4. The smallest absolute Gasteiger partial charge is 0.255 e. The number of nitrogens with one attached hydrogen (secondary N) is 1. The summed E-state index contributed by atoms with van der Waals surface area (Å²) in [6.07, 6.45) is 2.25. The van der Waals surface area contributed by atoms with Crippen LogP contribution in [-0.4, -0.2) is 8.42 Å². The highest BCUT2D eigenvalue weighted by Gasteiger charge is 2.09. The van der Waals surface area contributed by atoms with E-state index < -0.39 is 10.0 Å². The maximum atomic E-state index is 12.4. The molecule has 0 aromatic heterocycles.